The molecule has 1 fully saturated rings. The van der Waals surface area contributed by atoms with E-state index in [4.69, 9.17) is 14.2 Å². The minimum Gasteiger partial charge on any atom is -0.491 e. The van der Waals surface area contributed by atoms with Crippen LogP contribution in [0.25, 0.3) is 0 Å². The lowest BCUT2D eigenvalue weighted by atomic mass is 10.1. The first-order valence-electron chi connectivity index (χ1n) is 13.8. The summed E-state index contributed by atoms with van der Waals surface area (Å²) in [6.07, 6.45) is 3.45. The summed E-state index contributed by atoms with van der Waals surface area (Å²) in [4.78, 5) is 2.25. The van der Waals surface area contributed by atoms with Crippen molar-refractivity contribution in [3.05, 3.63) is 114 Å². The molecular weight excluding hydrogens is 536 g/mol. The molecule has 1 heterocycles. The van der Waals surface area contributed by atoms with Crippen molar-refractivity contribution in [3.63, 3.8) is 0 Å². The van der Waals surface area contributed by atoms with Crippen LogP contribution in [-0.2, 0) is 27.8 Å². The fraction of sp³-hybridized carbons (Fsp3) is 0.273. The molecule has 214 valence electrons. The van der Waals surface area contributed by atoms with Gasteiger partial charge in [-0.3, -0.25) is 4.72 Å². The molecule has 7 nitrogen and oxygen atoms in total. The van der Waals surface area contributed by atoms with Crippen LogP contribution in [0.2, 0.25) is 0 Å². The molecule has 41 heavy (non-hydrogen) atoms. The van der Waals surface area contributed by atoms with Gasteiger partial charge in [-0.1, -0.05) is 54.6 Å². The summed E-state index contributed by atoms with van der Waals surface area (Å²) in [6.45, 7) is 4.59. The highest BCUT2D eigenvalue weighted by Gasteiger charge is 2.17. The van der Waals surface area contributed by atoms with Gasteiger partial charge in [0.15, 0.2) is 0 Å². The first-order valence-corrected chi connectivity index (χ1v) is 15.7. The number of anilines is 2. The maximum Gasteiger partial charge on any atom is 0.229 e. The Morgan fingerprint density at radius 1 is 0.854 bits per heavy atom. The molecule has 1 atom stereocenters. The van der Waals surface area contributed by atoms with E-state index >= 15 is 0 Å². The van der Waals surface area contributed by atoms with Crippen LogP contribution in [0.15, 0.2) is 97.1 Å². The van der Waals surface area contributed by atoms with Gasteiger partial charge in [-0.15, -0.1) is 0 Å². The average molecular weight is 573 g/mol. The Bertz CT molecular complexity index is 1540. The Hall–Kier alpha value is -4.01. The van der Waals surface area contributed by atoms with Crippen molar-refractivity contribution in [2.24, 2.45) is 0 Å². The van der Waals surface area contributed by atoms with E-state index < -0.39 is 10.0 Å². The zero-order valence-corrected chi connectivity index (χ0v) is 24.3. The third-order valence-corrected chi connectivity index (χ3v) is 7.55. The number of benzene rings is 4. The van der Waals surface area contributed by atoms with E-state index in [2.05, 4.69) is 33.9 Å². The zero-order valence-electron chi connectivity index (χ0n) is 23.5. The molecule has 1 saturated heterocycles. The first kappa shape index (κ1) is 28.5. The van der Waals surface area contributed by atoms with E-state index in [1.807, 2.05) is 73.7 Å². The van der Waals surface area contributed by atoms with Crippen molar-refractivity contribution in [3.8, 4) is 17.2 Å². The zero-order chi connectivity index (χ0) is 28.7. The van der Waals surface area contributed by atoms with Crippen LogP contribution in [0.3, 0.4) is 0 Å². The lowest BCUT2D eigenvalue weighted by molar-refractivity contribution is 0.0679. The van der Waals surface area contributed by atoms with Crippen molar-refractivity contribution >= 4 is 21.4 Å². The monoisotopic (exact) mass is 572 g/mol. The molecule has 1 aliphatic rings. The number of sulfonamides is 1. The van der Waals surface area contributed by atoms with Crippen molar-refractivity contribution in [2.45, 2.75) is 39.0 Å². The van der Waals surface area contributed by atoms with Crippen LogP contribution in [-0.4, -0.2) is 34.0 Å². The highest BCUT2D eigenvalue weighted by atomic mass is 32.2. The van der Waals surface area contributed by atoms with Crippen LogP contribution < -0.4 is 19.1 Å². The second-order valence-electron chi connectivity index (χ2n) is 10.3. The number of nitrogens with one attached hydrogen (secondary N) is 1. The molecule has 0 aromatic heterocycles. The third kappa shape index (κ3) is 8.25. The SMILES string of the molecule is Cc1c(NS(C)(=O)=O)cccc1N(Cc1ccccc1)Cc1ccc(Oc2cccc(OCC3CCCO3)c2)cc1. The Morgan fingerprint density at radius 2 is 1.56 bits per heavy atom. The van der Waals surface area contributed by atoms with Gasteiger partial charge in [0.2, 0.25) is 10.0 Å². The Morgan fingerprint density at radius 3 is 2.27 bits per heavy atom. The van der Waals surface area contributed by atoms with Crippen LogP contribution in [0.1, 0.15) is 29.5 Å². The lowest BCUT2D eigenvalue weighted by Crippen LogP contribution is -2.23. The van der Waals surface area contributed by atoms with Crippen LogP contribution >= 0.6 is 0 Å². The minimum atomic E-state index is -3.40. The van der Waals surface area contributed by atoms with Crippen molar-refractivity contribution < 1.29 is 22.6 Å². The second kappa shape index (κ2) is 13.1. The number of nitrogens with zero attached hydrogens (tertiary/aromatic N) is 1. The van der Waals surface area contributed by atoms with Gasteiger partial charge in [-0.2, -0.15) is 0 Å². The highest BCUT2D eigenvalue weighted by Crippen LogP contribution is 2.31. The quantitative estimate of drug-likeness (QED) is 0.199. The maximum atomic E-state index is 11.9. The van der Waals surface area contributed by atoms with Gasteiger partial charge in [0, 0.05) is 31.5 Å². The van der Waals surface area contributed by atoms with Crippen molar-refractivity contribution in [1.82, 2.24) is 0 Å². The summed E-state index contributed by atoms with van der Waals surface area (Å²) in [5.41, 5.74) is 4.67. The molecule has 4 aromatic carbocycles. The molecule has 1 unspecified atom stereocenters. The maximum absolute atomic E-state index is 11.9. The molecule has 0 radical (unpaired) electrons. The first-order chi connectivity index (χ1) is 19.8. The van der Waals surface area contributed by atoms with Gasteiger partial charge in [-0.25, -0.2) is 8.42 Å². The minimum absolute atomic E-state index is 0.163. The molecular formula is C33H36N2O5S. The average Bonchev–Trinajstić information content (AvgIpc) is 3.48. The summed E-state index contributed by atoms with van der Waals surface area (Å²) in [6, 6.07) is 31.6. The number of rotatable bonds is 12. The Balaban J connectivity index is 1.30. The van der Waals surface area contributed by atoms with E-state index in [1.165, 1.54) is 6.26 Å². The fourth-order valence-corrected chi connectivity index (χ4v) is 5.54. The lowest BCUT2D eigenvalue weighted by Gasteiger charge is -2.28. The fourth-order valence-electron chi connectivity index (χ4n) is 4.92. The number of hydrogen-bond acceptors (Lipinski definition) is 6. The summed E-state index contributed by atoms with van der Waals surface area (Å²) in [5, 5.41) is 0. The molecule has 0 saturated carbocycles. The topological polar surface area (TPSA) is 77.1 Å². The smallest absolute Gasteiger partial charge is 0.229 e. The number of ether oxygens (including phenoxy) is 3. The number of hydrogen-bond donors (Lipinski definition) is 1. The van der Waals surface area contributed by atoms with Gasteiger partial charge >= 0.3 is 0 Å². The van der Waals surface area contributed by atoms with E-state index in [0.717, 1.165) is 53.3 Å². The predicted octanol–water partition coefficient (Wildman–Crippen LogP) is 6.92. The summed E-state index contributed by atoms with van der Waals surface area (Å²) >= 11 is 0. The largest absolute Gasteiger partial charge is 0.491 e. The molecule has 0 aliphatic carbocycles. The van der Waals surface area contributed by atoms with Crippen molar-refractivity contribution in [2.75, 3.05) is 29.1 Å². The van der Waals surface area contributed by atoms with Gasteiger partial charge in [-0.05, 0) is 72.9 Å². The molecule has 8 heteroatoms. The molecule has 0 amide bonds. The molecule has 4 aromatic rings. The molecule has 1 aliphatic heterocycles. The summed E-state index contributed by atoms with van der Waals surface area (Å²) < 4.78 is 44.2. The van der Waals surface area contributed by atoms with Gasteiger partial charge in [0.1, 0.15) is 23.9 Å². The van der Waals surface area contributed by atoms with Crippen LogP contribution in [0.5, 0.6) is 17.2 Å². The molecule has 5 rings (SSSR count). The predicted molar refractivity (Wildman–Crippen MR) is 163 cm³/mol. The van der Waals surface area contributed by atoms with Gasteiger partial charge in [0.05, 0.1) is 18.0 Å². The van der Waals surface area contributed by atoms with E-state index in [1.54, 1.807) is 6.07 Å². The summed E-state index contributed by atoms with van der Waals surface area (Å²) in [5.74, 6) is 2.20. The molecule has 0 spiro atoms. The molecule has 0 bridgehead atoms. The van der Waals surface area contributed by atoms with Crippen molar-refractivity contribution in [1.29, 1.82) is 0 Å². The van der Waals surface area contributed by atoms with Gasteiger partial charge in [0.25, 0.3) is 0 Å². The normalized spacial score (nSPS) is 14.9. The van der Waals surface area contributed by atoms with Gasteiger partial charge < -0.3 is 19.1 Å². The summed E-state index contributed by atoms with van der Waals surface area (Å²) in [7, 11) is -3.40. The van der Waals surface area contributed by atoms with Crippen LogP contribution in [0, 0.1) is 6.92 Å². The third-order valence-electron chi connectivity index (χ3n) is 6.96. The van der Waals surface area contributed by atoms with E-state index in [0.29, 0.717) is 31.1 Å². The highest BCUT2D eigenvalue weighted by molar-refractivity contribution is 7.92. The Kier molecular flexibility index (Phi) is 9.11. The van der Waals surface area contributed by atoms with E-state index in [-0.39, 0.29) is 6.10 Å². The Labute approximate surface area is 242 Å². The second-order valence-corrected chi connectivity index (χ2v) is 12.1. The van der Waals surface area contributed by atoms with E-state index in [9.17, 15) is 8.42 Å². The van der Waals surface area contributed by atoms with Crippen LogP contribution in [0.4, 0.5) is 11.4 Å². The standard InChI is InChI=1S/C33H36N2O5S/c1-25-32(34-41(2,36)37)14-7-15-33(25)35(22-26-9-4-3-5-10-26)23-27-16-18-28(19-17-27)40-30-12-6-11-29(21-30)39-24-31-13-8-20-38-31/h3-7,9-12,14-19,21,31,34H,8,13,20,22-24H2,1-2H3. The molecule has 1 N–H and O–H groups in total.